The van der Waals surface area contributed by atoms with E-state index in [4.69, 9.17) is 19.2 Å². The predicted molar refractivity (Wildman–Crippen MR) is 5.75 cm³/mol. The fourth-order valence-electron chi connectivity index (χ4n) is 0. The van der Waals surface area contributed by atoms with E-state index in [0.717, 1.165) is 0 Å². The molecule has 0 atom stereocenters. The van der Waals surface area contributed by atoms with E-state index < -0.39 is 9.05 Å². The van der Waals surface area contributed by atoms with Gasteiger partial charge in [0.2, 0.25) is 0 Å². The maximum atomic E-state index is 8.58. The van der Waals surface area contributed by atoms with Gasteiger partial charge in [0.1, 0.15) is 0 Å². The summed E-state index contributed by atoms with van der Waals surface area (Å²) in [6, 6.07) is 0. The van der Waals surface area contributed by atoms with E-state index >= 15 is 0 Å². The van der Waals surface area contributed by atoms with Crippen LogP contribution < -0.4 is 19.2 Å². The molecule has 6 heavy (non-hydrogen) atoms. The van der Waals surface area contributed by atoms with Gasteiger partial charge in [-0.15, -0.1) is 0 Å². The van der Waals surface area contributed by atoms with Crippen LogP contribution in [0.25, 0.3) is 0 Å². The van der Waals surface area contributed by atoms with Gasteiger partial charge in [-0.1, -0.05) is 0 Å². The fourth-order valence-corrected chi connectivity index (χ4v) is 0. The first kappa shape index (κ1) is 9.87. The van der Waals surface area contributed by atoms with Gasteiger partial charge in [-0.05, 0) is 0 Å². The molecular weight excluding hydrogens is 199 g/mol. The summed E-state index contributed by atoms with van der Waals surface area (Å²) in [6.45, 7) is 0. The van der Waals surface area contributed by atoms with Crippen LogP contribution in [0, 0.1) is 0 Å². The van der Waals surface area contributed by atoms with Crippen molar-refractivity contribution in [2.45, 2.75) is 0 Å². The summed E-state index contributed by atoms with van der Waals surface area (Å²) in [5.74, 6) is 0. The number of hydrogen-bond donors (Lipinski definition) is 0. The predicted octanol–water partition coefficient (Wildman–Crippen LogP) is -5.14. The quantitative estimate of drug-likeness (QED) is 0.364. The van der Waals surface area contributed by atoms with Crippen LogP contribution in [0.4, 0.5) is 0 Å². The molecule has 0 saturated carbocycles. The second kappa shape index (κ2) is 2.82. The molecule has 0 amide bonds. The Morgan fingerprint density at radius 2 is 0.833 bits per heavy atom. The van der Waals surface area contributed by atoms with Crippen molar-refractivity contribution in [2.75, 3.05) is 0 Å². The van der Waals surface area contributed by atoms with Crippen LogP contribution in [-0.4, -0.2) is 9.05 Å². The summed E-state index contributed by atoms with van der Waals surface area (Å²) in [7, 11) is -5.61. The molecule has 0 aromatic carbocycles. The molecule has 42 valence electrons. The van der Waals surface area contributed by atoms with Crippen LogP contribution in [0.2, 0.25) is 0 Å². The summed E-state index contributed by atoms with van der Waals surface area (Å²) in [5.41, 5.74) is 0. The standard InChI is InChI=1S/O4Si.Pd/c1-5(2,3)4;/q-4;. The van der Waals surface area contributed by atoms with Gasteiger partial charge < -0.3 is 28.2 Å². The van der Waals surface area contributed by atoms with Gasteiger partial charge in [0, 0.05) is 20.4 Å². The van der Waals surface area contributed by atoms with Gasteiger partial charge in [0.15, 0.2) is 0 Å². The zero-order chi connectivity index (χ0) is 4.50. The number of rotatable bonds is 0. The molecule has 0 saturated heterocycles. The van der Waals surface area contributed by atoms with Gasteiger partial charge in [0.05, 0.1) is 0 Å². The van der Waals surface area contributed by atoms with Crippen molar-refractivity contribution >= 4 is 9.05 Å². The molecule has 0 aliphatic carbocycles. The van der Waals surface area contributed by atoms with Crippen LogP contribution >= 0.6 is 0 Å². The minimum absolute atomic E-state index is 0. The largest absolute Gasteiger partial charge is 0.894 e. The molecule has 6 heteroatoms. The Kier molecular flexibility index (Phi) is 4.64. The van der Waals surface area contributed by atoms with Crippen LogP contribution in [0.15, 0.2) is 0 Å². The van der Waals surface area contributed by atoms with E-state index in [0.29, 0.717) is 0 Å². The van der Waals surface area contributed by atoms with Crippen molar-refractivity contribution < 1.29 is 39.6 Å². The van der Waals surface area contributed by atoms with Gasteiger partial charge >= 0.3 is 0 Å². The normalized spacial score (nSPS) is 10.0. The Balaban J connectivity index is 0. The minimum Gasteiger partial charge on any atom is -0.894 e. The maximum absolute atomic E-state index is 8.58. The molecule has 0 aliphatic heterocycles. The van der Waals surface area contributed by atoms with Crippen LogP contribution in [-0.2, 0) is 20.4 Å². The fraction of sp³-hybridized carbons (Fsp3) is 0. The van der Waals surface area contributed by atoms with Crippen molar-refractivity contribution in [3.8, 4) is 0 Å². The van der Waals surface area contributed by atoms with Crippen molar-refractivity contribution in [1.82, 2.24) is 0 Å². The van der Waals surface area contributed by atoms with Crippen molar-refractivity contribution in [3.05, 3.63) is 0 Å². The van der Waals surface area contributed by atoms with E-state index in [9.17, 15) is 0 Å². The molecule has 0 unspecified atom stereocenters. The zero-order valence-corrected chi connectivity index (χ0v) is 5.00. The molecule has 0 spiro atoms. The smallest absolute Gasteiger partial charge is 0 e. The zero-order valence-electron chi connectivity index (χ0n) is 2.45. The topological polar surface area (TPSA) is 92.2 Å². The number of hydrogen-bond acceptors (Lipinski definition) is 4. The second-order valence-corrected chi connectivity index (χ2v) is 1.50. The Hall–Kier alpha value is 0.719. The minimum atomic E-state index is -5.61. The Labute approximate surface area is 49.2 Å². The summed E-state index contributed by atoms with van der Waals surface area (Å²) in [5, 5.41) is 0. The maximum Gasteiger partial charge on any atom is 0 e. The molecule has 0 aliphatic rings. The third-order valence-electron chi connectivity index (χ3n) is 0. The van der Waals surface area contributed by atoms with Crippen molar-refractivity contribution in [1.29, 1.82) is 0 Å². The molecular formula is O4PdSi-4. The molecule has 0 radical (unpaired) electrons. The van der Waals surface area contributed by atoms with Crippen LogP contribution in [0.5, 0.6) is 0 Å². The Morgan fingerprint density at radius 3 is 0.833 bits per heavy atom. The van der Waals surface area contributed by atoms with Crippen molar-refractivity contribution in [2.24, 2.45) is 0 Å². The van der Waals surface area contributed by atoms with E-state index in [2.05, 4.69) is 0 Å². The summed E-state index contributed by atoms with van der Waals surface area (Å²) >= 11 is 0. The molecule has 4 nitrogen and oxygen atoms in total. The third-order valence-corrected chi connectivity index (χ3v) is 0. The van der Waals surface area contributed by atoms with Crippen LogP contribution in [0.3, 0.4) is 0 Å². The first-order valence-corrected chi connectivity index (χ1v) is 2.45. The molecule has 0 bridgehead atoms. The molecule has 0 aromatic rings. The second-order valence-electron chi connectivity index (χ2n) is 0.500. The molecule has 0 N–H and O–H groups in total. The summed E-state index contributed by atoms with van der Waals surface area (Å²) in [6.07, 6.45) is 0. The Bertz CT molecular complexity index is 23.0. The van der Waals surface area contributed by atoms with E-state index in [1.54, 1.807) is 0 Å². The van der Waals surface area contributed by atoms with Gasteiger partial charge in [-0.2, -0.15) is 0 Å². The molecule has 0 fully saturated rings. The van der Waals surface area contributed by atoms with Crippen molar-refractivity contribution in [3.63, 3.8) is 0 Å². The SMILES string of the molecule is [O-][Si]([O-])([O-])[O-].[Pd]. The van der Waals surface area contributed by atoms with Gasteiger partial charge in [0.25, 0.3) is 0 Å². The first-order chi connectivity index (χ1) is 2.00. The third kappa shape index (κ3) is 126. The average Bonchev–Trinajstić information content (AvgIpc) is 0.722. The average molecular weight is 199 g/mol. The van der Waals surface area contributed by atoms with E-state index in [-0.39, 0.29) is 20.4 Å². The van der Waals surface area contributed by atoms with E-state index in [1.807, 2.05) is 0 Å². The first-order valence-electron chi connectivity index (χ1n) is 0.816. The monoisotopic (exact) mass is 198 g/mol. The van der Waals surface area contributed by atoms with Crippen LogP contribution in [0.1, 0.15) is 0 Å². The summed E-state index contributed by atoms with van der Waals surface area (Å²) in [4.78, 5) is 34.3. The molecule has 0 heterocycles. The van der Waals surface area contributed by atoms with Gasteiger partial charge in [-0.3, -0.25) is 0 Å². The van der Waals surface area contributed by atoms with Gasteiger partial charge in [-0.25, -0.2) is 0 Å². The Morgan fingerprint density at radius 1 is 0.833 bits per heavy atom. The molecule has 0 rings (SSSR count). The molecule has 0 aromatic heterocycles. The summed E-state index contributed by atoms with van der Waals surface area (Å²) < 4.78 is 0. The van der Waals surface area contributed by atoms with E-state index in [1.165, 1.54) is 0 Å².